The lowest BCUT2D eigenvalue weighted by atomic mass is 10.4. The number of hydrogen-bond acceptors (Lipinski definition) is 4. The minimum atomic E-state index is -3.68. The molecule has 0 aliphatic rings. The zero-order chi connectivity index (χ0) is 13.6. The van der Waals surface area contributed by atoms with E-state index in [4.69, 9.17) is 27.9 Å². The van der Waals surface area contributed by atoms with Crippen molar-refractivity contribution < 1.29 is 17.9 Å². The molecule has 0 spiro atoms. The van der Waals surface area contributed by atoms with Gasteiger partial charge in [-0.15, -0.1) is 23.2 Å². The molecule has 18 heavy (non-hydrogen) atoms. The summed E-state index contributed by atoms with van der Waals surface area (Å²) in [6.07, 6.45) is -0.674. The maximum Gasteiger partial charge on any atom is 0.321 e. The van der Waals surface area contributed by atoms with Crippen LogP contribution < -0.4 is 0 Å². The van der Waals surface area contributed by atoms with E-state index in [1.54, 1.807) is 18.2 Å². The number of sulfone groups is 1. The minimum Gasteiger partial charge on any atom is -0.459 e. The fourth-order valence-electron chi connectivity index (χ4n) is 1.19. The van der Waals surface area contributed by atoms with Crippen molar-refractivity contribution in [1.29, 1.82) is 0 Å². The number of halogens is 2. The van der Waals surface area contributed by atoms with Gasteiger partial charge in [0.2, 0.25) is 0 Å². The van der Waals surface area contributed by atoms with Crippen LogP contribution in [-0.2, 0) is 19.4 Å². The molecule has 1 aromatic carbocycles. The summed E-state index contributed by atoms with van der Waals surface area (Å²) in [6, 6.07) is 7.69. The van der Waals surface area contributed by atoms with E-state index in [-0.39, 0.29) is 16.7 Å². The van der Waals surface area contributed by atoms with Crippen LogP contribution in [0.4, 0.5) is 0 Å². The Morgan fingerprint density at radius 3 is 2.22 bits per heavy atom. The molecule has 0 aliphatic heterocycles. The summed E-state index contributed by atoms with van der Waals surface area (Å²) in [5.41, 5.74) is 0. The Bertz CT molecular complexity index is 483. The molecule has 0 saturated heterocycles. The summed E-state index contributed by atoms with van der Waals surface area (Å²) in [6.45, 7) is 0. The van der Waals surface area contributed by atoms with Crippen LogP contribution in [0.3, 0.4) is 0 Å². The number of carbonyl (C=O) groups is 1. The van der Waals surface area contributed by atoms with E-state index in [1.165, 1.54) is 12.1 Å². The van der Waals surface area contributed by atoms with Crippen LogP contribution in [0.15, 0.2) is 35.2 Å². The number of carbonyl (C=O) groups excluding carboxylic acids is 1. The Morgan fingerprint density at radius 2 is 1.72 bits per heavy atom. The van der Waals surface area contributed by atoms with Gasteiger partial charge in [-0.1, -0.05) is 18.2 Å². The number of alkyl halides is 2. The van der Waals surface area contributed by atoms with Gasteiger partial charge >= 0.3 is 5.97 Å². The third-order valence-electron chi connectivity index (χ3n) is 2.05. The fraction of sp³-hybridized carbons (Fsp3) is 0.364. The summed E-state index contributed by atoms with van der Waals surface area (Å²) in [5, 5.41) is 0. The number of rotatable bonds is 6. The fourth-order valence-corrected chi connectivity index (χ4v) is 2.76. The summed E-state index contributed by atoms with van der Waals surface area (Å²) < 4.78 is 28.5. The van der Waals surface area contributed by atoms with Crippen molar-refractivity contribution in [2.24, 2.45) is 0 Å². The lowest BCUT2D eigenvalue weighted by Crippen LogP contribution is -2.26. The van der Waals surface area contributed by atoms with E-state index in [0.29, 0.717) is 0 Å². The molecule has 0 radical (unpaired) electrons. The number of ether oxygens (including phenoxy) is 1. The van der Waals surface area contributed by atoms with E-state index in [1.807, 2.05) is 0 Å². The highest BCUT2D eigenvalue weighted by molar-refractivity contribution is 7.92. The molecule has 0 N–H and O–H groups in total. The van der Waals surface area contributed by atoms with Crippen LogP contribution in [0.5, 0.6) is 0 Å². The van der Waals surface area contributed by atoms with Crippen molar-refractivity contribution in [1.82, 2.24) is 0 Å². The third kappa shape index (κ3) is 4.48. The standard InChI is InChI=1S/C11H12Cl2O4S/c12-6-9(7-13)17-11(14)8-18(15,16)10-4-2-1-3-5-10/h1-5,9H,6-8H2. The second-order valence-electron chi connectivity index (χ2n) is 3.49. The first-order chi connectivity index (χ1) is 8.49. The molecule has 0 unspecified atom stereocenters. The molecule has 0 saturated carbocycles. The highest BCUT2D eigenvalue weighted by atomic mass is 35.5. The first-order valence-electron chi connectivity index (χ1n) is 5.09. The van der Waals surface area contributed by atoms with Crippen molar-refractivity contribution in [2.75, 3.05) is 17.5 Å². The Morgan fingerprint density at radius 1 is 1.17 bits per heavy atom. The molecule has 0 amide bonds. The molecule has 0 heterocycles. The van der Waals surface area contributed by atoms with Gasteiger partial charge in [-0.3, -0.25) is 4.79 Å². The normalized spacial score (nSPS) is 11.5. The largest absolute Gasteiger partial charge is 0.459 e. The molecule has 7 heteroatoms. The summed E-state index contributed by atoms with van der Waals surface area (Å²) in [5.74, 6) is -1.52. The Balaban J connectivity index is 2.70. The number of hydrogen-bond donors (Lipinski definition) is 0. The quantitative estimate of drug-likeness (QED) is 0.594. The van der Waals surface area contributed by atoms with Crippen molar-refractivity contribution in [3.63, 3.8) is 0 Å². The van der Waals surface area contributed by atoms with Gasteiger partial charge in [-0.25, -0.2) is 8.42 Å². The molecule has 4 nitrogen and oxygen atoms in total. The predicted octanol–water partition coefficient (Wildman–Crippen LogP) is 1.85. The second kappa shape index (κ2) is 6.97. The molecule has 1 rings (SSSR count). The Kier molecular flexibility index (Phi) is 5.91. The van der Waals surface area contributed by atoms with Gasteiger partial charge in [0.05, 0.1) is 16.7 Å². The summed E-state index contributed by atoms with van der Waals surface area (Å²) in [7, 11) is -3.68. The zero-order valence-corrected chi connectivity index (χ0v) is 11.7. The van der Waals surface area contributed by atoms with Crippen LogP contribution >= 0.6 is 23.2 Å². The molecule has 0 fully saturated rings. The van der Waals surface area contributed by atoms with Gasteiger partial charge in [0.1, 0.15) is 6.10 Å². The third-order valence-corrected chi connectivity index (χ3v) is 4.35. The zero-order valence-electron chi connectivity index (χ0n) is 9.38. The first kappa shape index (κ1) is 15.3. The average molecular weight is 311 g/mol. The Labute approximate surface area is 116 Å². The molecule has 1 aromatic rings. The van der Waals surface area contributed by atoms with E-state index in [2.05, 4.69) is 0 Å². The van der Waals surface area contributed by atoms with Gasteiger partial charge < -0.3 is 4.74 Å². The van der Waals surface area contributed by atoms with E-state index >= 15 is 0 Å². The lowest BCUT2D eigenvalue weighted by Gasteiger charge is -2.12. The highest BCUT2D eigenvalue weighted by Gasteiger charge is 2.22. The monoisotopic (exact) mass is 310 g/mol. The van der Waals surface area contributed by atoms with Crippen LogP contribution in [0.1, 0.15) is 0 Å². The van der Waals surface area contributed by atoms with Gasteiger partial charge in [-0.2, -0.15) is 0 Å². The van der Waals surface area contributed by atoms with Crippen LogP contribution in [0.25, 0.3) is 0 Å². The first-order valence-corrected chi connectivity index (χ1v) is 7.81. The maximum absolute atomic E-state index is 11.8. The summed E-state index contributed by atoms with van der Waals surface area (Å²) >= 11 is 11.0. The van der Waals surface area contributed by atoms with Crippen molar-refractivity contribution in [3.8, 4) is 0 Å². The summed E-state index contributed by atoms with van der Waals surface area (Å²) in [4.78, 5) is 11.5. The molecule has 0 bridgehead atoms. The SMILES string of the molecule is O=C(CS(=O)(=O)c1ccccc1)OC(CCl)CCl. The predicted molar refractivity (Wildman–Crippen MR) is 69.8 cm³/mol. The molecular formula is C11H12Cl2O4S. The second-order valence-corrected chi connectivity index (χ2v) is 6.10. The van der Waals surface area contributed by atoms with E-state index in [0.717, 1.165) is 0 Å². The number of benzene rings is 1. The molecular weight excluding hydrogens is 299 g/mol. The lowest BCUT2D eigenvalue weighted by molar-refractivity contribution is -0.143. The van der Waals surface area contributed by atoms with E-state index in [9.17, 15) is 13.2 Å². The van der Waals surface area contributed by atoms with Crippen molar-refractivity contribution in [3.05, 3.63) is 30.3 Å². The molecule has 0 aromatic heterocycles. The van der Waals surface area contributed by atoms with E-state index < -0.39 is 27.7 Å². The smallest absolute Gasteiger partial charge is 0.321 e. The van der Waals surface area contributed by atoms with Gasteiger partial charge in [-0.05, 0) is 12.1 Å². The van der Waals surface area contributed by atoms with Crippen LogP contribution in [0, 0.1) is 0 Å². The van der Waals surface area contributed by atoms with Gasteiger partial charge in [0.25, 0.3) is 0 Å². The van der Waals surface area contributed by atoms with Crippen LogP contribution in [-0.4, -0.2) is 38.0 Å². The van der Waals surface area contributed by atoms with Crippen molar-refractivity contribution >= 4 is 39.0 Å². The maximum atomic E-state index is 11.8. The average Bonchev–Trinajstić information content (AvgIpc) is 2.36. The molecule has 0 atom stereocenters. The minimum absolute atomic E-state index is 0.0284. The topological polar surface area (TPSA) is 60.4 Å². The molecule has 100 valence electrons. The van der Waals surface area contributed by atoms with Gasteiger partial charge in [0, 0.05) is 0 Å². The van der Waals surface area contributed by atoms with Gasteiger partial charge in [0.15, 0.2) is 15.6 Å². The molecule has 0 aliphatic carbocycles. The highest BCUT2D eigenvalue weighted by Crippen LogP contribution is 2.11. The van der Waals surface area contributed by atoms with Crippen molar-refractivity contribution in [2.45, 2.75) is 11.0 Å². The van der Waals surface area contributed by atoms with Crippen LogP contribution in [0.2, 0.25) is 0 Å². The number of esters is 1. The Hall–Kier alpha value is -0.780.